The summed E-state index contributed by atoms with van der Waals surface area (Å²) in [7, 11) is -3.80. The number of aliphatic hydroxyl groups excluding tert-OH is 1. The summed E-state index contributed by atoms with van der Waals surface area (Å²) in [6.07, 6.45) is 1.67. The van der Waals surface area contributed by atoms with Crippen molar-refractivity contribution in [2.75, 3.05) is 17.6 Å². The van der Waals surface area contributed by atoms with Crippen molar-refractivity contribution in [3.63, 3.8) is 0 Å². The van der Waals surface area contributed by atoms with Gasteiger partial charge < -0.3 is 16.2 Å². The van der Waals surface area contributed by atoms with Crippen molar-refractivity contribution in [3.8, 4) is 0 Å². The van der Waals surface area contributed by atoms with Gasteiger partial charge in [0, 0.05) is 17.9 Å². The molecule has 6 nitrogen and oxygen atoms in total. The molecule has 1 aliphatic carbocycles. The Hall–Kier alpha value is -1.31. The molecule has 0 bridgehead atoms. The second-order valence-corrected chi connectivity index (χ2v) is 6.55. The summed E-state index contributed by atoms with van der Waals surface area (Å²) in [5.74, 6) is 0.353. The van der Waals surface area contributed by atoms with E-state index in [1.54, 1.807) is 13.0 Å². The second kappa shape index (κ2) is 4.99. The summed E-state index contributed by atoms with van der Waals surface area (Å²) < 4.78 is 22.9. The molecule has 1 saturated carbocycles. The van der Waals surface area contributed by atoms with Crippen molar-refractivity contribution < 1.29 is 13.5 Å². The van der Waals surface area contributed by atoms with Gasteiger partial charge in [-0.05, 0) is 43.4 Å². The maximum absolute atomic E-state index is 11.5. The van der Waals surface area contributed by atoms with Crippen molar-refractivity contribution in [1.82, 2.24) is 0 Å². The normalized spacial score (nSPS) is 17.2. The van der Waals surface area contributed by atoms with E-state index >= 15 is 0 Å². The fraction of sp³-hybridized carbons (Fsp3) is 0.500. The maximum Gasteiger partial charge on any atom is 0.238 e. The number of anilines is 2. The minimum Gasteiger partial charge on any atom is -0.399 e. The lowest BCUT2D eigenvalue weighted by Crippen LogP contribution is -2.22. The molecule has 1 unspecified atom stereocenters. The molecule has 0 spiro atoms. The number of nitrogen functional groups attached to an aromatic ring is 1. The van der Waals surface area contributed by atoms with Crippen LogP contribution in [0, 0.1) is 12.8 Å². The topological polar surface area (TPSA) is 118 Å². The first-order valence-corrected chi connectivity index (χ1v) is 7.68. The van der Waals surface area contributed by atoms with Crippen LogP contribution in [0.3, 0.4) is 0 Å². The first-order valence-electron chi connectivity index (χ1n) is 6.14. The molecule has 6 N–H and O–H groups in total. The Bertz CT molecular complexity index is 582. The first kappa shape index (κ1) is 14.1. The number of benzene rings is 1. The SMILES string of the molecule is Cc1c(NCC(O)C2CC2)cc(N)cc1S(N)(=O)=O. The molecule has 7 heteroatoms. The van der Waals surface area contributed by atoms with Crippen LogP contribution in [0.15, 0.2) is 17.0 Å². The Kier molecular flexibility index (Phi) is 3.71. The predicted octanol–water partition coefficient (Wildman–Crippen LogP) is 0.407. The molecule has 2 rings (SSSR count). The molecule has 19 heavy (non-hydrogen) atoms. The van der Waals surface area contributed by atoms with Gasteiger partial charge in [-0.15, -0.1) is 0 Å². The van der Waals surface area contributed by atoms with E-state index in [0.29, 0.717) is 29.4 Å². The van der Waals surface area contributed by atoms with Gasteiger partial charge in [-0.2, -0.15) is 0 Å². The molecule has 0 radical (unpaired) electrons. The van der Waals surface area contributed by atoms with E-state index in [1.807, 2.05) is 0 Å². The molecule has 0 aliphatic heterocycles. The van der Waals surface area contributed by atoms with Gasteiger partial charge in [0.25, 0.3) is 0 Å². The summed E-state index contributed by atoms with van der Waals surface area (Å²) >= 11 is 0. The van der Waals surface area contributed by atoms with Crippen LogP contribution >= 0.6 is 0 Å². The molecular weight excluding hydrogens is 266 g/mol. The average Bonchev–Trinajstić information content (AvgIpc) is 3.11. The fourth-order valence-electron chi connectivity index (χ4n) is 2.05. The highest BCUT2D eigenvalue weighted by molar-refractivity contribution is 7.89. The van der Waals surface area contributed by atoms with Crippen molar-refractivity contribution in [3.05, 3.63) is 17.7 Å². The molecule has 0 heterocycles. The molecule has 0 saturated heterocycles. The van der Waals surface area contributed by atoms with Gasteiger partial charge in [-0.3, -0.25) is 0 Å². The summed E-state index contributed by atoms with van der Waals surface area (Å²) in [5, 5.41) is 18.0. The first-order chi connectivity index (χ1) is 8.79. The van der Waals surface area contributed by atoms with Gasteiger partial charge in [0.15, 0.2) is 0 Å². The number of aliphatic hydroxyl groups is 1. The van der Waals surface area contributed by atoms with Crippen LogP contribution in [0.25, 0.3) is 0 Å². The number of sulfonamides is 1. The third-order valence-corrected chi connectivity index (χ3v) is 4.39. The van der Waals surface area contributed by atoms with Gasteiger partial charge in [-0.1, -0.05) is 0 Å². The number of hydrogen-bond donors (Lipinski definition) is 4. The lowest BCUT2D eigenvalue weighted by atomic mass is 10.1. The fourth-order valence-corrected chi connectivity index (χ4v) is 2.89. The zero-order valence-electron chi connectivity index (χ0n) is 10.8. The molecule has 1 fully saturated rings. The number of nitrogens with two attached hydrogens (primary N) is 2. The third-order valence-electron chi connectivity index (χ3n) is 3.36. The van der Waals surface area contributed by atoms with Crippen LogP contribution in [-0.4, -0.2) is 26.2 Å². The van der Waals surface area contributed by atoms with E-state index in [1.165, 1.54) is 6.07 Å². The molecule has 0 amide bonds. The largest absolute Gasteiger partial charge is 0.399 e. The van der Waals surface area contributed by atoms with Crippen molar-refractivity contribution >= 4 is 21.4 Å². The highest BCUT2D eigenvalue weighted by Crippen LogP contribution is 2.33. The lowest BCUT2D eigenvalue weighted by molar-refractivity contribution is 0.164. The summed E-state index contributed by atoms with van der Waals surface area (Å²) in [6, 6.07) is 2.98. The van der Waals surface area contributed by atoms with Crippen molar-refractivity contribution in [2.45, 2.75) is 30.8 Å². The van der Waals surface area contributed by atoms with Crippen LogP contribution in [0.2, 0.25) is 0 Å². The molecule has 1 atom stereocenters. The van der Waals surface area contributed by atoms with Gasteiger partial charge in [-0.25, -0.2) is 13.6 Å². The molecule has 1 aliphatic rings. The second-order valence-electron chi connectivity index (χ2n) is 5.02. The maximum atomic E-state index is 11.5. The number of primary sulfonamides is 1. The minimum absolute atomic E-state index is 0.0101. The van der Waals surface area contributed by atoms with Crippen LogP contribution in [0.4, 0.5) is 11.4 Å². The van der Waals surface area contributed by atoms with Gasteiger partial charge >= 0.3 is 0 Å². The lowest BCUT2D eigenvalue weighted by Gasteiger charge is -2.16. The zero-order valence-corrected chi connectivity index (χ0v) is 11.6. The quantitative estimate of drug-likeness (QED) is 0.584. The van der Waals surface area contributed by atoms with E-state index < -0.39 is 16.1 Å². The Morgan fingerprint density at radius 2 is 2.11 bits per heavy atom. The Balaban J connectivity index is 2.22. The minimum atomic E-state index is -3.80. The Morgan fingerprint density at radius 3 is 2.63 bits per heavy atom. The van der Waals surface area contributed by atoms with E-state index in [2.05, 4.69) is 5.32 Å². The van der Waals surface area contributed by atoms with E-state index in [-0.39, 0.29) is 4.90 Å². The predicted molar refractivity (Wildman–Crippen MR) is 74.2 cm³/mol. The van der Waals surface area contributed by atoms with Crippen LogP contribution in [0.1, 0.15) is 18.4 Å². The standard InChI is InChI=1S/C12H19N3O3S/c1-7-10(15-6-11(16)8-2-3-8)4-9(13)5-12(7)19(14,17)18/h4-5,8,11,15-16H,2-3,6,13H2,1H3,(H2,14,17,18). The zero-order chi connectivity index (χ0) is 14.2. The smallest absolute Gasteiger partial charge is 0.238 e. The van der Waals surface area contributed by atoms with Crippen LogP contribution in [-0.2, 0) is 10.0 Å². The average molecular weight is 285 g/mol. The van der Waals surface area contributed by atoms with Crippen LogP contribution in [0.5, 0.6) is 0 Å². The Morgan fingerprint density at radius 1 is 1.47 bits per heavy atom. The summed E-state index contributed by atoms with van der Waals surface area (Å²) in [6.45, 7) is 2.03. The Labute approximate surface area is 112 Å². The third kappa shape index (κ3) is 3.37. The van der Waals surface area contributed by atoms with Crippen molar-refractivity contribution in [2.24, 2.45) is 11.1 Å². The van der Waals surface area contributed by atoms with Crippen molar-refractivity contribution in [1.29, 1.82) is 0 Å². The van der Waals surface area contributed by atoms with Gasteiger partial charge in [0.1, 0.15) is 0 Å². The number of nitrogens with one attached hydrogen (secondary N) is 1. The number of rotatable bonds is 5. The highest BCUT2D eigenvalue weighted by atomic mass is 32.2. The van der Waals surface area contributed by atoms with E-state index in [0.717, 1.165) is 12.8 Å². The van der Waals surface area contributed by atoms with E-state index in [9.17, 15) is 13.5 Å². The highest BCUT2D eigenvalue weighted by Gasteiger charge is 2.29. The molecule has 1 aromatic carbocycles. The molecular formula is C12H19N3O3S. The van der Waals surface area contributed by atoms with Gasteiger partial charge in [0.2, 0.25) is 10.0 Å². The molecule has 1 aromatic rings. The van der Waals surface area contributed by atoms with E-state index in [4.69, 9.17) is 10.9 Å². The number of hydrogen-bond acceptors (Lipinski definition) is 5. The molecule has 0 aromatic heterocycles. The summed E-state index contributed by atoms with van der Waals surface area (Å²) in [4.78, 5) is 0.0101. The van der Waals surface area contributed by atoms with Crippen LogP contribution < -0.4 is 16.2 Å². The monoisotopic (exact) mass is 285 g/mol. The summed E-state index contributed by atoms with van der Waals surface area (Å²) in [5.41, 5.74) is 7.10. The molecule has 106 valence electrons. The van der Waals surface area contributed by atoms with Gasteiger partial charge in [0.05, 0.1) is 11.0 Å².